The number of carbonyl (C=O) groups is 3. The van der Waals surface area contributed by atoms with Gasteiger partial charge in [0.2, 0.25) is 11.8 Å². The third-order valence-electron chi connectivity index (χ3n) is 9.91. The number of carboxylic acids is 1. The molecule has 3 aliphatic rings. The van der Waals surface area contributed by atoms with E-state index in [0.29, 0.717) is 58.7 Å². The van der Waals surface area contributed by atoms with Crippen LogP contribution < -0.4 is 0 Å². The van der Waals surface area contributed by atoms with Gasteiger partial charge in [0.05, 0.1) is 24.0 Å². The number of allylic oxidation sites excluding steroid dienone is 2. The molecule has 228 valence electrons. The second-order valence-corrected chi connectivity index (χ2v) is 13.0. The number of nitrogens with zero attached hydrogens (tertiary/aromatic N) is 2. The molecule has 5 rings (SSSR count). The molecule has 1 N–H and O–H groups in total. The number of rotatable bonds is 8. The van der Waals surface area contributed by atoms with Gasteiger partial charge in [0.25, 0.3) is 0 Å². The van der Waals surface area contributed by atoms with Gasteiger partial charge in [-0.1, -0.05) is 81.0 Å². The molecule has 0 spiro atoms. The van der Waals surface area contributed by atoms with Crippen LogP contribution in [0.4, 0.5) is 0 Å². The van der Waals surface area contributed by atoms with Crippen molar-refractivity contribution < 1.29 is 24.2 Å². The van der Waals surface area contributed by atoms with Crippen LogP contribution >= 0.6 is 0 Å². The maximum absolute atomic E-state index is 14.6. The lowest BCUT2D eigenvalue weighted by Gasteiger charge is -2.52. The Morgan fingerprint density at radius 1 is 0.907 bits per heavy atom. The number of carbonyl (C=O) groups excluding carboxylic acids is 2. The van der Waals surface area contributed by atoms with Gasteiger partial charge in [-0.15, -0.1) is 0 Å². The number of benzene rings is 2. The third-order valence-corrected chi connectivity index (χ3v) is 9.91. The van der Waals surface area contributed by atoms with Crippen LogP contribution in [0, 0.1) is 10.8 Å². The summed E-state index contributed by atoms with van der Waals surface area (Å²) in [7, 11) is 0. The average molecular weight is 585 g/mol. The largest absolute Gasteiger partial charge is 0.478 e. The molecule has 0 saturated carbocycles. The lowest BCUT2D eigenvalue weighted by Crippen LogP contribution is -2.57. The van der Waals surface area contributed by atoms with Gasteiger partial charge in [-0.05, 0) is 55.0 Å². The number of likely N-dealkylation sites (tertiary alicyclic amines) is 1. The summed E-state index contributed by atoms with van der Waals surface area (Å²) >= 11 is 0. The van der Waals surface area contributed by atoms with E-state index in [2.05, 4.69) is 45.1 Å². The second kappa shape index (κ2) is 12.1. The van der Waals surface area contributed by atoms with Gasteiger partial charge >= 0.3 is 5.97 Å². The van der Waals surface area contributed by atoms with Crippen molar-refractivity contribution in [2.24, 2.45) is 10.8 Å². The highest BCUT2D eigenvalue weighted by atomic mass is 16.5. The minimum atomic E-state index is -0.928. The SMILES string of the molecule is CCOCCC(=O)N1CCC(C(=O)N2CC=C3C(C)(C)C(c4ccc(C(=O)O)cc4)=CC[C@]3(C)C2)(c2ccccc2)CC1. The molecule has 2 aromatic carbocycles. The maximum Gasteiger partial charge on any atom is 0.335 e. The van der Waals surface area contributed by atoms with E-state index in [-0.39, 0.29) is 28.2 Å². The minimum Gasteiger partial charge on any atom is -0.478 e. The van der Waals surface area contributed by atoms with Gasteiger partial charge in [0.1, 0.15) is 0 Å². The van der Waals surface area contributed by atoms with E-state index in [1.165, 1.54) is 11.1 Å². The maximum atomic E-state index is 14.6. The van der Waals surface area contributed by atoms with Crippen LogP contribution in [0.3, 0.4) is 0 Å². The standard InChI is InChI=1S/C36H44N2O5/c1-5-43-24-17-31(39)37-22-19-36(20-23-37,28-9-7-6-8-10-28)33(42)38-21-16-30-34(2,3)29(15-18-35(30,4)25-38)26-11-13-27(14-12-26)32(40)41/h6-16H,5,17-25H2,1-4H3,(H,40,41)/t35-/m1/s1. The Labute approximate surface area is 255 Å². The molecule has 1 aliphatic carbocycles. The fourth-order valence-corrected chi connectivity index (χ4v) is 7.64. The highest BCUT2D eigenvalue weighted by Crippen LogP contribution is 2.55. The van der Waals surface area contributed by atoms with Gasteiger partial charge < -0.3 is 19.6 Å². The molecular formula is C36H44N2O5. The monoisotopic (exact) mass is 584 g/mol. The average Bonchev–Trinajstić information content (AvgIpc) is 3.01. The van der Waals surface area contributed by atoms with E-state index in [0.717, 1.165) is 17.5 Å². The van der Waals surface area contributed by atoms with Crippen molar-refractivity contribution in [2.75, 3.05) is 39.4 Å². The van der Waals surface area contributed by atoms with Crippen molar-refractivity contribution in [1.29, 1.82) is 0 Å². The summed E-state index contributed by atoms with van der Waals surface area (Å²) in [5.41, 5.74) is 3.70. The summed E-state index contributed by atoms with van der Waals surface area (Å²) in [6.45, 7) is 12.0. The zero-order valence-electron chi connectivity index (χ0n) is 25.9. The van der Waals surface area contributed by atoms with Crippen molar-refractivity contribution >= 4 is 23.4 Å². The smallest absolute Gasteiger partial charge is 0.335 e. The van der Waals surface area contributed by atoms with Crippen LogP contribution in [-0.2, 0) is 19.7 Å². The number of hydrogen-bond acceptors (Lipinski definition) is 4. The first-order chi connectivity index (χ1) is 20.5. The molecule has 0 unspecified atom stereocenters. The van der Waals surface area contributed by atoms with Gasteiger partial charge in [-0.25, -0.2) is 4.79 Å². The first-order valence-corrected chi connectivity index (χ1v) is 15.5. The molecule has 2 aliphatic heterocycles. The Morgan fingerprint density at radius 3 is 2.21 bits per heavy atom. The summed E-state index contributed by atoms with van der Waals surface area (Å²) < 4.78 is 5.40. The lowest BCUT2D eigenvalue weighted by atomic mass is 9.58. The molecule has 2 amide bonds. The molecule has 0 aromatic heterocycles. The van der Waals surface area contributed by atoms with E-state index < -0.39 is 11.4 Å². The number of ether oxygens (including phenoxy) is 1. The zero-order valence-corrected chi connectivity index (χ0v) is 25.9. The van der Waals surface area contributed by atoms with Crippen molar-refractivity contribution in [3.05, 3.63) is 89.0 Å². The van der Waals surface area contributed by atoms with Crippen molar-refractivity contribution in [1.82, 2.24) is 9.80 Å². The number of carboxylic acid groups (broad SMARTS) is 1. The summed E-state index contributed by atoms with van der Waals surface area (Å²) in [6, 6.07) is 17.2. The van der Waals surface area contributed by atoms with E-state index >= 15 is 0 Å². The first kappa shape index (κ1) is 30.7. The zero-order chi connectivity index (χ0) is 30.8. The van der Waals surface area contributed by atoms with Crippen LogP contribution in [0.25, 0.3) is 5.57 Å². The highest BCUT2D eigenvalue weighted by Gasteiger charge is 2.50. The number of hydrogen-bond donors (Lipinski definition) is 1. The fraction of sp³-hybridized carbons (Fsp3) is 0.472. The number of amides is 2. The molecule has 2 heterocycles. The molecule has 43 heavy (non-hydrogen) atoms. The Morgan fingerprint density at radius 2 is 1.58 bits per heavy atom. The summed E-state index contributed by atoms with van der Waals surface area (Å²) in [5.74, 6) is -0.693. The Kier molecular flexibility index (Phi) is 8.66. The highest BCUT2D eigenvalue weighted by molar-refractivity contribution is 5.90. The molecular weight excluding hydrogens is 540 g/mol. The minimum absolute atomic E-state index is 0.0882. The predicted octanol–water partition coefficient (Wildman–Crippen LogP) is 5.96. The second-order valence-electron chi connectivity index (χ2n) is 13.0. The Bertz CT molecular complexity index is 1420. The summed E-state index contributed by atoms with van der Waals surface area (Å²) in [4.78, 5) is 42.8. The van der Waals surface area contributed by atoms with Crippen LogP contribution in [-0.4, -0.2) is 72.1 Å². The van der Waals surface area contributed by atoms with Gasteiger partial charge in [0.15, 0.2) is 0 Å². The fourth-order valence-electron chi connectivity index (χ4n) is 7.64. The molecule has 7 heteroatoms. The molecule has 1 saturated heterocycles. The van der Waals surface area contributed by atoms with Crippen LogP contribution in [0.15, 0.2) is 72.3 Å². The lowest BCUT2D eigenvalue weighted by molar-refractivity contribution is -0.144. The topological polar surface area (TPSA) is 87.2 Å². The number of fused-ring (bicyclic) bond motifs is 1. The van der Waals surface area contributed by atoms with E-state index in [1.54, 1.807) is 12.1 Å². The quantitative estimate of drug-likeness (QED) is 0.306. The Hall–Kier alpha value is -3.71. The normalized spacial score (nSPS) is 22.7. The van der Waals surface area contributed by atoms with Crippen LogP contribution in [0.5, 0.6) is 0 Å². The van der Waals surface area contributed by atoms with Crippen LogP contribution in [0.2, 0.25) is 0 Å². The van der Waals surface area contributed by atoms with Crippen molar-refractivity contribution in [3.63, 3.8) is 0 Å². The summed E-state index contributed by atoms with van der Waals surface area (Å²) in [6.07, 6.45) is 6.89. The van der Waals surface area contributed by atoms with Gasteiger partial charge in [-0.2, -0.15) is 0 Å². The molecule has 0 radical (unpaired) electrons. The Balaban J connectivity index is 1.38. The number of piperidine rings is 1. The van der Waals surface area contributed by atoms with Gasteiger partial charge in [-0.3, -0.25) is 9.59 Å². The van der Waals surface area contributed by atoms with Crippen molar-refractivity contribution in [3.8, 4) is 0 Å². The van der Waals surface area contributed by atoms with Crippen LogP contribution in [0.1, 0.15) is 74.9 Å². The van der Waals surface area contributed by atoms with E-state index in [1.807, 2.05) is 47.1 Å². The van der Waals surface area contributed by atoms with Gasteiger partial charge in [0, 0.05) is 43.6 Å². The number of aromatic carboxylic acids is 1. The molecule has 1 atom stereocenters. The molecule has 7 nitrogen and oxygen atoms in total. The van der Waals surface area contributed by atoms with Crippen molar-refractivity contribution in [2.45, 2.75) is 58.8 Å². The van der Waals surface area contributed by atoms with E-state index in [4.69, 9.17) is 4.74 Å². The predicted molar refractivity (Wildman–Crippen MR) is 168 cm³/mol. The third kappa shape index (κ3) is 5.79. The van der Waals surface area contributed by atoms with E-state index in [9.17, 15) is 19.5 Å². The summed E-state index contributed by atoms with van der Waals surface area (Å²) in [5, 5.41) is 9.33. The first-order valence-electron chi connectivity index (χ1n) is 15.5. The molecule has 2 aromatic rings. The molecule has 1 fully saturated rings. The molecule has 0 bridgehead atoms.